The molecular weight excluding hydrogens is 148 g/mol. The van der Waals surface area contributed by atoms with Crippen LogP contribution in [0.15, 0.2) is 0 Å². The van der Waals surface area contributed by atoms with Crippen LogP contribution in [0, 0.1) is 0 Å². The Morgan fingerprint density at radius 2 is 2.00 bits per heavy atom. The van der Waals surface area contributed by atoms with Crippen molar-refractivity contribution in [3.8, 4) is 0 Å². The summed E-state index contributed by atoms with van der Waals surface area (Å²) in [6.45, 7) is -0.142. The van der Waals surface area contributed by atoms with Crippen LogP contribution in [0.3, 0.4) is 0 Å². The van der Waals surface area contributed by atoms with E-state index in [1.54, 1.807) is 0 Å². The highest BCUT2D eigenvalue weighted by Gasteiger charge is 1.99. The standard InChI is InChI=1S/C6H16O3Si/c7-5-6(8)3-1-2-4-10-9/h6-9H,1-5,10H2. The third-order valence-electron chi connectivity index (χ3n) is 1.41. The molecule has 0 saturated heterocycles. The molecule has 10 heavy (non-hydrogen) atoms. The second-order valence-electron chi connectivity index (χ2n) is 2.41. The second-order valence-corrected chi connectivity index (χ2v) is 3.56. The summed E-state index contributed by atoms with van der Waals surface area (Å²) < 4.78 is 0. The summed E-state index contributed by atoms with van der Waals surface area (Å²) in [5.74, 6) is 0. The molecule has 0 aliphatic carbocycles. The SMILES string of the molecule is OCC(O)CCCC[SiH2]O. The number of rotatable bonds is 6. The van der Waals surface area contributed by atoms with Crippen molar-refractivity contribution in [3.63, 3.8) is 0 Å². The maximum Gasteiger partial charge on any atom is 0.156 e. The van der Waals surface area contributed by atoms with Gasteiger partial charge in [0.2, 0.25) is 0 Å². The van der Waals surface area contributed by atoms with Gasteiger partial charge in [0.15, 0.2) is 9.76 Å². The van der Waals surface area contributed by atoms with Crippen molar-refractivity contribution in [3.05, 3.63) is 0 Å². The van der Waals surface area contributed by atoms with Crippen LogP contribution in [0.5, 0.6) is 0 Å². The number of unbranched alkanes of at least 4 members (excludes halogenated alkanes) is 1. The minimum Gasteiger partial charge on any atom is -0.438 e. The Bertz CT molecular complexity index is 70.0. The Hall–Kier alpha value is 0.0969. The molecule has 3 N–H and O–H groups in total. The van der Waals surface area contributed by atoms with Crippen LogP contribution in [-0.2, 0) is 0 Å². The third-order valence-corrected chi connectivity index (χ3v) is 2.22. The van der Waals surface area contributed by atoms with Gasteiger partial charge < -0.3 is 15.0 Å². The first kappa shape index (κ1) is 10.1. The maximum absolute atomic E-state index is 8.86. The summed E-state index contributed by atoms with van der Waals surface area (Å²) in [4.78, 5) is 8.52. The van der Waals surface area contributed by atoms with E-state index in [2.05, 4.69) is 0 Å². The van der Waals surface area contributed by atoms with E-state index in [1.165, 1.54) is 0 Å². The molecule has 0 aromatic heterocycles. The molecule has 0 aliphatic rings. The van der Waals surface area contributed by atoms with Gasteiger partial charge >= 0.3 is 0 Å². The van der Waals surface area contributed by atoms with E-state index in [4.69, 9.17) is 15.0 Å². The van der Waals surface area contributed by atoms with E-state index in [9.17, 15) is 0 Å². The Balaban J connectivity index is 2.89. The molecule has 0 radical (unpaired) electrons. The molecule has 0 aromatic carbocycles. The number of aliphatic hydroxyl groups is 2. The summed E-state index contributed by atoms with van der Waals surface area (Å²) in [5, 5.41) is 17.3. The van der Waals surface area contributed by atoms with E-state index in [0.717, 1.165) is 18.9 Å². The number of hydrogen-bond acceptors (Lipinski definition) is 3. The molecular formula is C6H16O3Si. The van der Waals surface area contributed by atoms with Gasteiger partial charge in [-0.1, -0.05) is 12.8 Å². The highest BCUT2D eigenvalue weighted by molar-refractivity contribution is 6.25. The minimum atomic E-state index is -0.781. The molecule has 0 saturated carbocycles. The monoisotopic (exact) mass is 164 g/mol. The molecule has 0 aromatic rings. The van der Waals surface area contributed by atoms with Gasteiger partial charge in [-0.25, -0.2) is 0 Å². The summed E-state index contributed by atoms with van der Waals surface area (Å²) in [5.41, 5.74) is 0. The van der Waals surface area contributed by atoms with Crippen molar-refractivity contribution < 1.29 is 15.0 Å². The first-order chi connectivity index (χ1) is 4.81. The molecule has 0 heterocycles. The van der Waals surface area contributed by atoms with E-state index in [0.29, 0.717) is 6.42 Å². The van der Waals surface area contributed by atoms with E-state index >= 15 is 0 Å². The van der Waals surface area contributed by atoms with Crippen molar-refractivity contribution in [2.45, 2.75) is 31.4 Å². The van der Waals surface area contributed by atoms with Gasteiger partial charge in [0.05, 0.1) is 12.7 Å². The summed E-state index contributed by atoms with van der Waals surface area (Å²) in [6, 6.07) is 0.929. The fourth-order valence-corrected chi connectivity index (χ4v) is 1.34. The highest BCUT2D eigenvalue weighted by Crippen LogP contribution is 2.02. The quantitative estimate of drug-likeness (QED) is 0.349. The summed E-state index contributed by atoms with van der Waals surface area (Å²) >= 11 is 0. The van der Waals surface area contributed by atoms with Gasteiger partial charge in [0.25, 0.3) is 0 Å². The van der Waals surface area contributed by atoms with Crippen molar-refractivity contribution in [2.75, 3.05) is 6.61 Å². The number of hydrogen-bond donors (Lipinski definition) is 3. The van der Waals surface area contributed by atoms with Crippen LogP contribution in [0.1, 0.15) is 19.3 Å². The van der Waals surface area contributed by atoms with Crippen molar-refractivity contribution >= 4 is 9.76 Å². The first-order valence-corrected chi connectivity index (χ1v) is 5.34. The Morgan fingerprint density at radius 3 is 2.50 bits per heavy atom. The Labute approximate surface area is 63.6 Å². The molecule has 0 aliphatic heterocycles. The van der Waals surface area contributed by atoms with Crippen molar-refractivity contribution in [2.24, 2.45) is 0 Å². The molecule has 0 amide bonds. The molecule has 1 unspecified atom stereocenters. The van der Waals surface area contributed by atoms with E-state index in [1.807, 2.05) is 0 Å². The highest BCUT2D eigenvalue weighted by atomic mass is 28.2. The zero-order valence-electron chi connectivity index (χ0n) is 6.16. The van der Waals surface area contributed by atoms with Crippen molar-refractivity contribution in [1.29, 1.82) is 0 Å². The van der Waals surface area contributed by atoms with Gasteiger partial charge in [-0.05, 0) is 12.5 Å². The molecule has 0 bridgehead atoms. The van der Waals surface area contributed by atoms with Crippen LogP contribution in [0.2, 0.25) is 6.04 Å². The van der Waals surface area contributed by atoms with Gasteiger partial charge in [0.1, 0.15) is 0 Å². The predicted octanol–water partition coefficient (Wildman–Crippen LogP) is -0.996. The van der Waals surface area contributed by atoms with Gasteiger partial charge in [0, 0.05) is 0 Å². The van der Waals surface area contributed by atoms with E-state index in [-0.39, 0.29) is 6.61 Å². The fraction of sp³-hybridized carbons (Fsp3) is 1.00. The molecule has 0 fully saturated rings. The van der Waals surface area contributed by atoms with Crippen LogP contribution >= 0.6 is 0 Å². The average molecular weight is 164 g/mol. The molecule has 1 atom stereocenters. The molecule has 3 nitrogen and oxygen atoms in total. The number of aliphatic hydroxyl groups excluding tert-OH is 2. The van der Waals surface area contributed by atoms with Crippen LogP contribution in [0.4, 0.5) is 0 Å². The van der Waals surface area contributed by atoms with Crippen LogP contribution in [0.25, 0.3) is 0 Å². The van der Waals surface area contributed by atoms with Gasteiger partial charge in [-0.15, -0.1) is 0 Å². The predicted molar refractivity (Wildman–Crippen MR) is 42.5 cm³/mol. The topological polar surface area (TPSA) is 60.7 Å². The minimum absolute atomic E-state index is 0.142. The zero-order chi connectivity index (χ0) is 7.82. The maximum atomic E-state index is 8.86. The largest absolute Gasteiger partial charge is 0.438 e. The smallest absolute Gasteiger partial charge is 0.156 e. The molecule has 62 valence electrons. The lowest BCUT2D eigenvalue weighted by Gasteiger charge is -2.04. The van der Waals surface area contributed by atoms with E-state index < -0.39 is 15.9 Å². The first-order valence-electron chi connectivity index (χ1n) is 3.71. The van der Waals surface area contributed by atoms with Gasteiger partial charge in [-0.2, -0.15) is 0 Å². The van der Waals surface area contributed by atoms with Crippen LogP contribution < -0.4 is 0 Å². The Kier molecular flexibility index (Phi) is 7.28. The van der Waals surface area contributed by atoms with Crippen LogP contribution in [-0.4, -0.2) is 37.5 Å². The molecule has 4 heteroatoms. The summed E-state index contributed by atoms with van der Waals surface area (Å²) in [6.07, 6.45) is 2.00. The molecule has 0 spiro atoms. The normalized spacial score (nSPS) is 14.7. The lowest BCUT2D eigenvalue weighted by atomic mass is 10.2. The summed E-state index contributed by atoms with van der Waals surface area (Å²) in [7, 11) is -0.781. The lowest BCUT2D eigenvalue weighted by molar-refractivity contribution is 0.0864. The second kappa shape index (κ2) is 7.21. The molecule has 0 rings (SSSR count). The van der Waals surface area contributed by atoms with Gasteiger partial charge in [-0.3, -0.25) is 0 Å². The third kappa shape index (κ3) is 6.22. The average Bonchev–Trinajstić information content (AvgIpc) is 1.98. The Morgan fingerprint density at radius 1 is 1.30 bits per heavy atom. The van der Waals surface area contributed by atoms with Crippen molar-refractivity contribution in [1.82, 2.24) is 0 Å². The zero-order valence-corrected chi connectivity index (χ0v) is 7.58. The lowest BCUT2D eigenvalue weighted by Crippen LogP contribution is -2.11. The fourth-order valence-electron chi connectivity index (χ4n) is 0.760.